The smallest absolute Gasteiger partial charge is 0 e. The molecule has 0 rings (SSSR count). The molecular weight excluding hydrogens is 243 g/mol. The standard InChI is InChI=1S/3CH4.Pb.H2/h3*1H4;;1H. The summed E-state index contributed by atoms with van der Waals surface area (Å²) in [5.74, 6) is 0. The van der Waals surface area contributed by atoms with E-state index in [-0.39, 0.29) is 51.0 Å². The van der Waals surface area contributed by atoms with E-state index in [9.17, 15) is 0 Å². The van der Waals surface area contributed by atoms with E-state index in [0.29, 0.717) is 0 Å². The van der Waals surface area contributed by atoms with Crippen molar-refractivity contribution in [1.82, 2.24) is 0 Å². The Hall–Kier alpha value is 0.922. The Morgan fingerprint density at radius 3 is 0.750 bits per heavy atom. The third-order valence-corrected chi connectivity index (χ3v) is 0. The minimum absolute atomic E-state index is 0. The zero-order chi connectivity index (χ0) is 0. The van der Waals surface area contributed by atoms with Gasteiger partial charge in [-0.05, 0) is 0 Å². The van der Waals surface area contributed by atoms with Crippen LogP contribution in [0.3, 0.4) is 0 Å². The van der Waals surface area contributed by atoms with Crippen LogP contribution >= 0.6 is 0 Å². The third kappa shape index (κ3) is 12.7. The normalized spacial score (nSPS) is 0. The summed E-state index contributed by atoms with van der Waals surface area (Å²) >= 11 is 0. The molecule has 0 saturated heterocycles. The van der Waals surface area contributed by atoms with Gasteiger partial charge in [0.25, 0.3) is 0 Å². The largest absolute Gasteiger partial charge is 0.0776 e. The first-order valence-electron chi connectivity index (χ1n) is 0. The van der Waals surface area contributed by atoms with E-state index in [4.69, 9.17) is 0 Å². The average molecular weight is 257 g/mol. The van der Waals surface area contributed by atoms with E-state index in [1.807, 2.05) is 0 Å². The van der Waals surface area contributed by atoms with Crippen LogP contribution in [0.1, 0.15) is 23.7 Å². The summed E-state index contributed by atoms with van der Waals surface area (Å²) in [4.78, 5) is 0. The van der Waals surface area contributed by atoms with Gasteiger partial charge in [0, 0.05) is 28.7 Å². The Labute approximate surface area is 51.2 Å². The number of rotatable bonds is 0. The molecule has 0 aliphatic carbocycles. The van der Waals surface area contributed by atoms with Crippen LogP contribution in [-0.4, -0.2) is 27.3 Å². The first-order valence-corrected chi connectivity index (χ1v) is 0. The maximum atomic E-state index is 0. The van der Waals surface area contributed by atoms with Gasteiger partial charge in [-0.1, -0.05) is 22.3 Å². The van der Waals surface area contributed by atoms with Gasteiger partial charge in [0.1, 0.15) is 0 Å². The van der Waals surface area contributed by atoms with E-state index >= 15 is 0 Å². The van der Waals surface area contributed by atoms with Crippen LogP contribution in [0, 0.1) is 0 Å². The molecule has 0 aromatic carbocycles. The van der Waals surface area contributed by atoms with E-state index < -0.39 is 0 Å². The van der Waals surface area contributed by atoms with Crippen molar-refractivity contribution in [3.63, 3.8) is 0 Å². The summed E-state index contributed by atoms with van der Waals surface area (Å²) in [5, 5.41) is 0. The molecule has 0 amide bonds. The summed E-state index contributed by atoms with van der Waals surface area (Å²) in [5.41, 5.74) is 0. The molecule has 1 heteroatoms. The van der Waals surface area contributed by atoms with Crippen LogP contribution in [0.15, 0.2) is 0 Å². The van der Waals surface area contributed by atoms with Gasteiger partial charge in [0.15, 0.2) is 0 Å². The molecule has 0 spiro atoms. The van der Waals surface area contributed by atoms with Gasteiger partial charge in [0.05, 0.1) is 0 Å². The maximum Gasteiger partial charge on any atom is 0 e. The van der Waals surface area contributed by atoms with Gasteiger partial charge in [-0.3, -0.25) is 0 Å². The van der Waals surface area contributed by atoms with E-state index in [1.165, 1.54) is 0 Å². The van der Waals surface area contributed by atoms with Gasteiger partial charge in [-0.15, -0.1) is 0 Å². The Morgan fingerprint density at radius 2 is 0.750 bits per heavy atom. The molecule has 0 fully saturated rings. The molecule has 0 aromatic rings. The fourth-order valence-corrected chi connectivity index (χ4v) is 0. The van der Waals surface area contributed by atoms with Gasteiger partial charge >= 0.3 is 0 Å². The molecule has 0 heterocycles. The third-order valence-electron chi connectivity index (χ3n) is 0. The monoisotopic (exact) mass is 258 g/mol. The predicted molar refractivity (Wildman–Crippen MR) is 28.1 cm³/mol. The molecule has 0 N–H and O–H groups in total. The van der Waals surface area contributed by atoms with Crippen molar-refractivity contribution in [2.45, 2.75) is 22.3 Å². The van der Waals surface area contributed by atoms with Gasteiger partial charge in [-0.2, -0.15) is 0 Å². The molecular formula is C3H14Pb. The van der Waals surface area contributed by atoms with Crippen LogP contribution in [-0.2, 0) is 0 Å². The van der Waals surface area contributed by atoms with Crippen LogP contribution in [0.25, 0.3) is 0 Å². The fourth-order valence-electron chi connectivity index (χ4n) is 0. The SMILES string of the molecule is C.C.C.[HH].[Pb]. The van der Waals surface area contributed by atoms with Gasteiger partial charge in [0.2, 0.25) is 0 Å². The topological polar surface area (TPSA) is 0 Å². The minimum Gasteiger partial charge on any atom is -0.0776 e. The fraction of sp³-hybridized carbons (Fsp3) is 1.00. The second-order valence-corrected chi connectivity index (χ2v) is 0. The van der Waals surface area contributed by atoms with Crippen molar-refractivity contribution in [1.29, 1.82) is 0 Å². The Bertz CT molecular complexity index is 6.85. The molecule has 30 valence electrons. The predicted octanol–water partition coefficient (Wildman–Crippen LogP) is 1.77. The molecule has 0 aliphatic rings. The molecule has 0 saturated carbocycles. The number of hydrogen-bond acceptors (Lipinski definition) is 0. The van der Waals surface area contributed by atoms with Crippen LogP contribution in [0.2, 0.25) is 0 Å². The molecule has 0 unspecified atom stereocenters. The zero-order valence-corrected chi connectivity index (χ0v) is 4.39. The van der Waals surface area contributed by atoms with E-state index in [0.717, 1.165) is 0 Å². The van der Waals surface area contributed by atoms with Gasteiger partial charge < -0.3 is 0 Å². The summed E-state index contributed by atoms with van der Waals surface area (Å²) in [7, 11) is 0. The van der Waals surface area contributed by atoms with Crippen molar-refractivity contribution in [2.75, 3.05) is 0 Å². The van der Waals surface area contributed by atoms with Crippen LogP contribution in [0.4, 0.5) is 0 Å². The van der Waals surface area contributed by atoms with Crippen molar-refractivity contribution >= 4 is 27.3 Å². The molecule has 0 nitrogen and oxygen atoms in total. The van der Waals surface area contributed by atoms with Crippen LogP contribution in [0.5, 0.6) is 0 Å². The molecule has 0 bridgehead atoms. The van der Waals surface area contributed by atoms with Crippen LogP contribution < -0.4 is 0 Å². The summed E-state index contributed by atoms with van der Waals surface area (Å²) in [6.07, 6.45) is 0. The van der Waals surface area contributed by atoms with Crippen molar-refractivity contribution in [2.24, 2.45) is 0 Å². The maximum absolute atomic E-state index is 0. The second kappa shape index (κ2) is 39.4. The first kappa shape index (κ1) is 89.1. The minimum atomic E-state index is 0. The van der Waals surface area contributed by atoms with Crippen molar-refractivity contribution in [3.8, 4) is 0 Å². The molecule has 0 atom stereocenters. The first-order chi connectivity index (χ1) is 0. The summed E-state index contributed by atoms with van der Waals surface area (Å²) in [6.45, 7) is 0. The molecule has 4 radical (unpaired) electrons. The second-order valence-electron chi connectivity index (χ2n) is 0. The Kier molecular flexibility index (Phi) is 877. The molecule has 0 aromatic heterocycles. The van der Waals surface area contributed by atoms with Crippen molar-refractivity contribution in [3.05, 3.63) is 0 Å². The Morgan fingerprint density at radius 1 is 0.750 bits per heavy atom. The summed E-state index contributed by atoms with van der Waals surface area (Å²) in [6, 6.07) is 0. The van der Waals surface area contributed by atoms with Crippen molar-refractivity contribution < 1.29 is 1.43 Å². The molecule has 0 aliphatic heterocycles. The quantitative estimate of drug-likeness (QED) is 0.580. The Balaban J connectivity index is 0. The van der Waals surface area contributed by atoms with E-state index in [1.54, 1.807) is 0 Å². The number of hydrogen-bond donors (Lipinski definition) is 0. The zero-order valence-electron chi connectivity index (χ0n) is 0.500. The average Bonchev–Trinajstić information content (AvgIpc) is 0. The summed E-state index contributed by atoms with van der Waals surface area (Å²) < 4.78 is 0. The molecule has 4 heavy (non-hydrogen) atoms. The van der Waals surface area contributed by atoms with Gasteiger partial charge in [-0.25, -0.2) is 0 Å². The van der Waals surface area contributed by atoms with E-state index in [2.05, 4.69) is 0 Å².